The van der Waals surface area contributed by atoms with E-state index in [-0.39, 0.29) is 56.9 Å². The third-order valence-corrected chi connectivity index (χ3v) is 5.76. The molecule has 34 heavy (non-hydrogen) atoms. The Morgan fingerprint density at radius 3 is 2.35 bits per heavy atom. The van der Waals surface area contributed by atoms with Crippen LogP contribution in [0.5, 0.6) is 0 Å². The van der Waals surface area contributed by atoms with Crippen LogP contribution >= 0.6 is 0 Å². The first kappa shape index (κ1) is 26.7. The zero-order valence-corrected chi connectivity index (χ0v) is 22.5. The number of carboxylic acid groups (broad SMARTS) is 1. The number of benzene rings is 3. The Bertz CT molecular complexity index is 1330. The Morgan fingerprint density at radius 2 is 1.74 bits per heavy atom. The quantitative estimate of drug-likeness (QED) is 0.406. The minimum Gasteiger partial charge on any atom is -0.478 e. The molecule has 4 nitrogen and oxygen atoms in total. The predicted octanol–water partition coefficient (Wildman–Crippen LogP) is 2.77. The molecule has 9 heteroatoms. The maximum atomic E-state index is 13.5. The number of aryl methyl sites for hydroxylation is 2. The molecule has 0 spiro atoms. The van der Waals surface area contributed by atoms with Crippen LogP contribution < -0.4 is 56.8 Å². The van der Waals surface area contributed by atoms with E-state index in [1.807, 2.05) is 35.8 Å². The van der Waals surface area contributed by atoms with Gasteiger partial charge in [0.2, 0.25) is 0 Å². The molecule has 0 atom stereocenters. The van der Waals surface area contributed by atoms with Gasteiger partial charge in [-0.25, -0.2) is 9.78 Å². The predicted molar refractivity (Wildman–Crippen MR) is 125 cm³/mol. The van der Waals surface area contributed by atoms with E-state index in [2.05, 4.69) is 4.98 Å². The SMILES string of the molecule is CCCc1nc2c(C)cc([B-](F)(F)F)cc2n1Cc1ccc(-c2ccccc2C(=O)O)cc1.[K+]. The Morgan fingerprint density at radius 1 is 1.06 bits per heavy atom. The van der Waals surface area contributed by atoms with Crippen molar-refractivity contribution in [3.05, 3.63) is 83.2 Å². The van der Waals surface area contributed by atoms with Gasteiger partial charge in [-0.15, -0.1) is 5.46 Å². The van der Waals surface area contributed by atoms with Gasteiger partial charge >= 0.3 is 64.3 Å². The van der Waals surface area contributed by atoms with Gasteiger partial charge in [0.05, 0.1) is 16.6 Å². The van der Waals surface area contributed by atoms with Gasteiger partial charge in [0.25, 0.3) is 0 Å². The smallest absolute Gasteiger partial charge is 0.478 e. The molecule has 1 aromatic heterocycles. The van der Waals surface area contributed by atoms with Crippen molar-refractivity contribution in [2.75, 3.05) is 0 Å². The fourth-order valence-electron chi connectivity index (χ4n) is 4.14. The van der Waals surface area contributed by atoms with E-state index in [1.54, 1.807) is 31.2 Å². The molecule has 3 aromatic carbocycles. The van der Waals surface area contributed by atoms with Crippen LogP contribution in [0.15, 0.2) is 60.7 Å². The zero-order chi connectivity index (χ0) is 23.8. The molecule has 0 radical (unpaired) electrons. The van der Waals surface area contributed by atoms with E-state index >= 15 is 0 Å². The Hall–Kier alpha value is -1.91. The van der Waals surface area contributed by atoms with Crippen molar-refractivity contribution in [2.45, 2.75) is 33.2 Å². The van der Waals surface area contributed by atoms with E-state index < -0.39 is 18.4 Å². The van der Waals surface area contributed by atoms with Crippen molar-refractivity contribution in [3.63, 3.8) is 0 Å². The Kier molecular flexibility index (Phi) is 8.47. The average molecular weight is 490 g/mol. The second-order valence-electron chi connectivity index (χ2n) is 8.19. The van der Waals surface area contributed by atoms with Crippen LogP contribution in [0.3, 0.4) is 0 Å². The molecule has 0 fully saturated rings. The van der Waals surface area contributed by atoms with Crippen LogP contribution in [0.25, 0.3) is 22.2 Å². The van der Waals surface area contributed by atoms with Crippen LogP contribution in [0, 0.1) is 6.92 Å². The van der Waals surface area contributed by atoms with Crippen molar-refractivity contribution < 1.29 is 74.2 Å². The van der Waals surface area contributed by atoms with Crippen LogP contribution in [0.4, 0.5) is 12.9 Å². The van der Waals surface area contributed by atoms with Gasteiger partial charge in [0, 0.05) is 13.0 Å². The van der Waals surface area contributed by atoms with E-state index in [9.17, 15) is 22.8 Å². The van der Waals surface area contributed by atoms with Crippen molar-refractivity contribution in [1.29, 1.82) is 0 Å². The average Bonchev–Trinajstić information content (AvgIpc) is 3.12. The summed E-state index contributed by atoms with van der Waals surface area (Å²) in [7, 11) is 0. The minimum absolute atomic E-state index is 0. The summed E-state index contributed by atoms with van der Waals surface area (Å²) in [6, 6.07) is 16.6. The standard InChI is InChI=1S/C25H23BF3N2O2.K/c1-3-6-23-30-24-16(2)13-19(26(27,28)29)14-22(24)31(23)15-17-9-11-18(12-10-17)20-7-4-5-8-21(20)25(32)33;/h4-5,7-14H,3,6,15H2,1-2H3,(H,32,33);/q-1;+1. The number of nitrogens with zero attached hydrogens (tertiary/aromatic N) is 2. The maximum Gasteiger partial charge on any atom is 1.00 e. The molecular weight excluding hydrogens is 467 g/mol. The summed E-state index contributed by atoms with van der Waals surface area (Å²) in [5, 5.41) is 9.45. The van der Waals surface area contributed by atoms with Gasteiger partial charge in [-0.2, -0.15) is 0 Å². The molecule has 0 bridgehead atoms. The summed E-state index contributed by atoms with van der Waals surface area (Å²) < 4.78 is 42.3. The molecule has 0 unspecified atom stereocenters. The summed E-state index contributed by atoms with van der Waals surface area (Å²) in [6.07, 6.45) is 1.48. The van der Waals surface area contributed by atoms with Crippen molar-refractivity contribution in [3.8, 4) is 11.1 Å². The number of aromatic carboxylic acids is 1. The monoisotopic (exact) mass is 490 g/mol. The molecule has 0 saturated carbocycles. The number of aromatic nitrogens is 2. The van der Waals surface area contributed by atoms with Gasteiger partial charge < -0.3 is 22.6 Å². The van der Waals surface area contributed by atoms with Crippen molar-refractivity contribution in [1.82, 2.24) is 9.55 Å². The van der Waals surface area contributed by atoms with E-state index in [1.165, 1.54) is 12.1 Å². The van der Waals surface area contributed by atoms with Crippen molar-refractivity contribution in [2.24, 2.45) is 0 Å². The summed E-state index contributed by atoms with van der Waals surface area (Å²) in [4.78, 5) is 16.2. The summed E-state index contributed by atoms with van der Waals surface area (Å²) >= 11 is 0. The number of rotatable bonds is 7. The number of hydrogen-bond acceptors (Lipinski definition) is 2. The van der Waals surface area contributed by atoms with Gasteiger partial charge in [-0.05, 0) is 41.7 Å². The molecule has 1 N–H and O–H groups in total. The van der Waals surface area contributed by atoms with Gasteiger partial charge in [-0.3, -0.25) is 0 Å². The van der Waals surface area contributed by atoms with Crippen molar-refractivity contribution >= 4 is 29.4 Å². The first-order valence-corrected chi connectivity index (χ1v) is 10.8. The summed E-state index contributed by atoms with van der Waals surface area (Å²) in [6.45, 7) is -1.07. The first-order chi connectivity index (χ1) is 15.7. The molecule has 4 aromatic rings. The minimum atomic E-state index is -5.12. The topological polar surface area (TPSA) is 55.1 Å². The molecule has 0 aliphatic heterocycles. The number of fused-ring (bicyclic) bond motifs is 1. The van der Waals surface area contributed by atoms with E-state index in [4.69, 9.17) is 0 Å². The number of imidazole rings is 1. The molecule has 0 saturated heterocycles. The first-order valence-electron chi connectivity index (χ1n) is 10.8. The molecule has 1 heterocycles. The summed E-state index contributed by atoms with van der Waals surface area (Å²) in [5.41, 5.74) is 3.45. The molecule has 0 aliphatic rings. The fraction of sp³-hybridized carbons (Fsp3) is 0.200. The number of hydrogen-bond donors (Lipinski definition) is 1. The van der Waals surface area contributed by atoms with Crippen LogP contribution in [-0.4, -0.2) is 27.6 Å². The molecule has 4 rings (SSSR count). The van der Waals surface area contributed by atoms with E-state index in [0.29, 0.717) is 35.1 Å². The number of carboxylic acids is 1. The second kappa shape index (κ2) is 10.8. The molecule has 170 valence electrons. The van der Waals surface area contributed by atoms with E-state index in [0.717, 1.165) is 23.4 Å². The number of carbonyl (C=O) groups is 1. The second-order valence-corrected chi connectivity index (χ2v) is 8.19. The molecule has 0 aliphatic carbocycles. The summed E-state index contributed by atoms with van der Waals surface area (Å²) in [5.74, 6) is -0.246. The van der Waals surface area contributed by atoms with Gasteiger partial charge in [0.15, 0.2) is 0 Å². The van der Waals surface area contributed by atoms with Crippen LogP contribution in [0.1, 0.15) is 40.7 Å². The molecular formula is C25H23BF3KN2O2. The molecule has 0 amide bonds. The number of halogens is 3. The third-order valence-electron chi connectivity index (χ3n) is 5.76. The Balaban J connectivity index is 0.00000324. The largest absolute Gasteiger partial charge is 1.00 e. The third kappa shape index (κ3) is 5.49. The maximum absolute atomic E-state index is 13.5. The zero-order valence-electron chi connectivity index (χ0n) is 19.4. The van der Waals surface area contributed by atoms with Crippen LogP contribution in [0.2, 0.25) is 0 Å². The van der Waals surface area contributed by atoms with Gasteiger partial charge in [0.1, 0.15) is 5.82 Å². The van der Waals surface area contributed by atoms with Crippen LogP contribution in [-0.2, 0) is 13.0 Å². The van der Waals surface area contributed by atoms with Gasteiger partial charge in [-0.1, -0.05) is 61.5 Å². The normalized spacial score (nSPS) is 11.4. The Labute approximate surface area is 238 Å². The fourth-order valence-corrected chi connectivity index (χ4v) is 4.14.